The quantitative estimate of drug-likeness (QED) is 0.794. The third-order valence-electron chi connectivity index (χ3n) is 1.79. The maximum atomic E-state index is 10.7. The van der Waals surface area contributed by atoms with E-state index in [1.54, 1.807) is 16.3 Å². The van der Waals surface area contributed by atoms with Crippen LogP contribution < -0.4 is 0 Å². The summed E-state index contributed by atoms with van der Waals surface area (Å²) >= 11 is 1.69. The zero-order valence-electron chi connectivity index (χ0n) is 7.65. The molecule has 0 spiro atoms. The molecule has 0 aromatic carbocycles. The molecule has 72 valence electrons. The summed E-state index contributed by atoms with van der Waals surface area (Å²) < 4.78 is 1.72. The van der Waals surface area contributed by atoms with Gasteiger partial charge in [-0.3, -0.25) is 0 Å². The first-order chi connectivity index (χ1) is 6.16. The van der Waals surface area contributed by atoms with Crippen molar-refractivity contribution < 1.29 is 9.90 Å². The van der Waals surface area contributed by atoms with Gasteiger partial charge in [0.05, 0.1) is 6.20 Å². The molecule has 1 N–H and O–H groups in total. The van der Waals surface area contributed by atoms with E-state index < -0.39 is 5.97 Å². The average Bonchev–Trinajstić information content (AvgIpc) is 2.43. The number of hydrogen-bond acceptors (Lipinski definition) is 3. The molecular formula is C8H12N2O2S. The lowest BCUT2D eigenvalue weighted by atomic mass is 10.4. The number of aromatic nitrogens is 2. The summed E-state index contributed by atoms with van der Waals surface area (Å²) in [4.78, 5) is 14.7. The molecule has 1 rings (SSSR count). The van der Waals surface area contributed by atoms with Crippen LogP contribution in [0.5, 0.6) is 0 Å². The molecular weight excluding hydrogens is 188 g/mol. The lowest BCUT2D eigenvalue weighted by Crippen LogP contribution is -2.11. The molecule has 1 heterocycles. The van der Waals surface area contributed by atoms with Gasteiger partial charge < -0.3 is 9.67 Å². The van der Waals surface area contributed by atoms with Crippen molar-refractivity contribution in [2.24, 2.45) is 0 Å². The van der Waals surface area contributed by atoms with Crippen molar-refractivity contribution in [3.05, 3.63) is 17.7 Å². The first kappa shape index (κ1) is 10.1. The minimum Gasteiger partial charge on any atom is -0.477 e. The van der Waals surface area contributed by atoms with E-state index in [9.17, 15) is 4.79 Å². The smallest absolute Gasteiger partial charge is 0.354 e. The van der Waals surface area contributed by atoms with Gasteiger partial charge in [-0.1, -0.05) is 0 Å². The van der Waals surface area contributed by atoms with E-state index in [0.29, 0.717) is 6.54 Å². The average molecular weight is 200 g/mol. The molecule has 1 aromatic rings. The number of thioether (sulfide) groups is 1. The molecule has 5 heteroatoms. The minimum atomic E-state index is -0.915. The topological polar surface area (TPSA) is 55.1 Å². The second kappa shape index (κ2) is 4.32. The molecule has 0 radical (unpaired) electrons. The van der Waals surface area contributed by atoms with Crippen LogP contribution in [0.25, 0.3) is 0 Å². The number of nitrogens with zero attached hydrogens (tertiary/aromatic N) is 2. The number of carboxylic acid groups (broad SMARTS) is 1. The third kappa shape index (κ3) is 2.24. The van der Waals surface area contributed by atoms with Crippen LogP contribution in [0.1, 0.15) is 16.3 Å². The van der Waals surface area contributed by atoms with Crippen LogP contribution in [-0.4, -0.2) is 32.6 Å². The summed E-state index contributed by atoms with van der Waals surface area (Å²) in [5.41, 5.74) is 0.270. The minimum absolute atomic E-state index is 0.270. The standard InChI is InChI=1S/C8H12N2O2S/c1-6-9-5-7(8(11)12)10(6)3-4-13-2/h5H,3-4H2,1-2H3,(H,11,12). The van der Waals surface area contributed by atoms with Crippen molar-refractivity contribution in [2.75, 3.05) is 12.0 Å². The molecule has 0 aliphatic heterocycles. The second-order valence-corrected chi connectivity index (χ2v) is 3.63. The van der Waals surface area contributed by atoms with Gasteiger partial charge in [0, 0.05) is 12.3 Å². The molecule has 0 unspecified atom stereocenters. The highest BCUT2D eigenvalue weighted by Gasteiger charge is 2.11. The van der Waals surface area contributed by atoms with Gasteiger partial charge >= 0.3 is 5.97 Å². The zero-order valence-corrected chi connectivity index (χ0v) is 8.47. The fourth-order valence-electron chi connectivity index (χ4n) is 1.10. The molecule has 13 heavy (non-hydrogen) atoms. The molecule has 0 saturated heterocycles. The molecule has 0 bridgehead atoms. The number of aromatic carboxylic acids is 1. The molecule has 0 saturated carbocycles. The van der Waals surface area contributed by atoms with E-state index in [0.717, 1.165) is 11.6 Å². The van der Waals surface area contributed by atoms with Gasteiger partial charge in [0.25, 0.3) is 0 Å². The summed E-state index contributed by atoms with van der Waals surface area (Å²) in [5.74, 6) is 0.741. The summed E-state index contributed by atoms with van der Waals surface area (Å²) in [6, 6.07) is 0. The van der Waals surface area contributed by atoms with Crippen LogP contribution in [-0.2, 0) is 6.54 Å². The Morgan fingerprint density at radius 3 is 3.00 bits per heavy atom. The number of rotatable bonds is 4. The maximum Gasteiger partial charge on any atom is 0.354 e. The Morgan fingerprint density at radius 2 is 2.46 bits per heavy atom. The van der Waals surface area contributed by atoms with Gasteiger partial charge in [-0.05, 0) is 13.2 Å². The van der Waals surface area contributed by atoms with Crippen LogP contribution in [0, 0.1) is 6.92 Å². The summed E-state index contributed by atoms with van der Waals surface area (Å²) in [5, 5.41) is 8.81. The van der Waals surface area contributed by atoms with E-state index in [2.05, 4.69) is 4.98 Å². The van der Waals surface area contributed by atoms with Crippen LogP contribution in [0.3, 0.4) is 0 Å². The van der Waals surface area contributed by atoms with Gasteiger partial charge in [-0.25, -0.2) is 9.78 Å². The molecule has 0 aliphatic carbocycles. The van der Waals surface area contributed by atoms with E-state index in [4.69, 9.17) is 5.11 Å². The van der Waals surface area contributed by atoms with E-state index in [-0.39, 0.29) is 5.69 Å². The van der Waals surface area contributed by atoms with Gasteiger partial charge in [-0.15, -0.1) is 0 Å². The van der Waals surface area contributed by atoms with E-state index in [1.165, 1.54) is 6.20 Å². The monoisotopic (exact) mass is 200 g/mol. The van der Waals surface area contributed by atoms with E-state index in [1.807, 2.05) is 13.2 Å². The molecule has 0 fully saturated rings. The fraction of sp³-hybridized carbons (Fsp3) is 0.500. The van der Waals surface area contributed by atoms with Crippen LogP contribution >= 0.6 is 11.8 Å². The molecule has 0 atom stereocenters. The number of hydrogen-bond donors (Lipinski definition) is 1. The SMILES string of the molecule is CSCCn1c(C(=O)O)cnc1C. The van der Waals surface area contributed by atoms with Gasteiger partial charge in [-0.2, -0.15) is 11.8 Å². The number of imidazole rings is 1. The first-order valence-corrected chi connectivity index (χ1v) is 5.30. The summed E-state index contributed by atoms with van der Waals surface area (Å²) in [7, 11) is 0. The van der Waals surface area contributed by atoms with Crippen molar-refractivity contribution in [1.82, 2.24) is 9.55 Å². The number of carbonyl (C=O) groups is 1. The highest BCUT2D eigenvalue weighted by Crippen LogP contribution is 2.06. The summed E-state index contributed by atoms with van der Waals surface area (Å²) in [6.07, 6.45) is 3.39. The Kier molecular flexibility index (Phi) is 3.36. The van der Waals surface area contributed by atoms with Crippen molar-refractivity contribution in [1.29, 1.82) is 0 Å². The zero-order chi connectivity index (χ0) is 9.84. The Morgan fingerprint density at radius 1 is 1.77 bits per heavy atom. The van der Waals surface area contributed by atoms with Crippen LogP contribution in [0.2, 0.25) is 0 Å². The highest BCUT2D eigenvalue weighted by atomic mass is 32.2. The van der Waals surface area contributed by atoms with Gasteiger partial charge in [0.15, 0.2) is 0 Å². The normalized spacial score (nSPS) is 10.3. The van der Waals surface area contributed by atoms with Gasteiger partial charge in [0.1, 0.15) is 11.5 Å². The van der Waals surface area contributed by atoms with Gasteiger partial charge in [0.2, 0.25) is 0 Å². The van der Waals surface area contributed by atoms with Crippen LogP contribution in [0.15, 0.2) is 6.20 Å². The third-order valence-corrected chi connectivity index (χ3v) is 2.38. The largest absolute Gasteiger partial charge is 0.477 e. The lowest BCUT2D eigenvalue weighted by molar-refractivity contribution is 0.0685. The highest BCUT2D eigenvalue weighted by molar-refractivity contribution is 7.98. The van der Waals surface area contributed by atoms with Crippen molar-refractivity contribution >= 4 is 17.7 Å². The Bertz CT molecular complexity index is 309. The molecule has 0 aliphatic rings. The molecule has 1 aromatic heterocycles. The fourth-order valence-corrected chi connectivity index (χ4v) is 1.47. The summed E-state index contributed by atoms with van der Waals surface area (Å²) in [6.45, 7) is 2.52. The van der Waals surface area contributed by atoms with Crippen molar-refractivity contribution in [2.45, 2.75) is 13.5 Å². The van der Waals surface area contributed by atoms with Crippen LogP contribution in [0.4, 0.5) is 0 Å². The number of aryl methyl sites for hydroxylation is 1. The van der Waals surface area contributed by atoms with Crippen molar-refractivity contribution in [3.8, 4) is 0 Å². The Labute approximate surface area is 81.0 Å². The lowest BCUT2D eigenvalue weighted by Gasteiger charge is -2.05. The van der Waals surface area contributed by atoms with Crippen molar-refractivity contribution in [3.63, 3.8) is 0 Å². The molecule has 0 amide bonds. The predicted molar refractivity (Wildman–Crippen MR) is 52.3 cm³/mol. The first-order valence-electron chi connectivity index (χ1n) is 3.91. The Hall–Kier alpha value is -0.970. The van der Waals surface area contributed by atoms with E-state index >= 15 is 0 Å². The molecule has 4 nitrogen and oxygen atoms in total. The predicted octanol–water partition coefficient (Wildman–Crippen LogP) is 1.25. The number of carboxylic acids is 1. The second-order valence-electron chi connectivity index (χ2n) is 2.64. The maximum absolute atomic E-state index is 10.7. The Balaban J connectivity index is 2.88.